The molecule has 0 atom stereocenters. The van der Waals surface area contributed by atoms with Gasteiger partial charge in [-0.2, -0.15) is 0 Å². The summed E-state index contributed by atoms with van der Waals surface area (Å²) in [5.74, 6) is 1.10. The Morgan fingerprint density at radius 1 is 1.12 bits per heavy atom. The molecule has 0 radical (unpaired) electrons. The van der Waals surface area contributed by atoms with Crippen LogP contribution in [0.15, 0.2) is 22.0 Å². The van der Waals surface area contributed by atoms with Gasteiger partial charge in [0, 0.05) is 24.2 Å². The molecule has 0 amide bonds. The Hall–Kier alpha value is -2.08. The molecule has 1 aromatic carbocycles. The third kappa shape index (κ3) is 2.76. The molecule has 1 fully saturated rings. The normalized spacial score (nSPS) is 22.8. The van der Waals surface area contributed by atoms with Crippen LogP contribution in [-0.2, 0) is 0 Å². The van der Waals surface area contributed by atoms with E-state index in [4.69, 9.17) is 10.8 Å². The van der Waals surface area contributed by atoms with E-state index in [1.165, 1.54) is 24.8 Å². The van der Waals surface area contributed by atoms with E-state index < -0.39 is 0 Å². The van der Waals surface area contributed by atoms with Crippen molar-refractivity contribution >= 4 is 34.3 Å². The summed E-state index contributed by atoms with van der Waals surface area (Å²) in [6.45, 7) is 8.46. The fourth-order valence-electron chi connectivity index (χ4n) is 3.91. The fraction of sp³-hybridized carbons (Fsp3) is 0.450. The Balaban J connectivity index is 1.78. The number of thioether (sulfide) groups is 1. The largest absolute Gasteiger partial charge is 0.351 e. The Bertz CT molecular complexity index is 859. The fourth-order valence-corrected chi connectivity index (χ4v) is 4.94. The van der Waals surface area contributed by atoms with Gasteiger partial charge in [-0.25, -0.2) is 4.99 Å². The van der Waals surface area contributed by atoms with Crippen molar-refractivity contribution in [3.05, 3.63) is 39.3 Å². The average molecular weight is 368 g/mol. The maximum atomic E-state index is 8.46. The first kappa shape index (κ1) is 17.3. The highest BCUT2D eigenvalue weighted by atomic mass is 32.2. The van der Waals surface area contributed by atoms with Crippen LogP contribution >= 0.6 is 11.8 Å². The topological polar surface area (TPSA) is 75.3 Å². The number of amidine groups is 3. The van der Waals surface area contributed by atoms with Gasteiger partial charge in [-0.15, -0.1) is 0 Å². The smallest absolute Gasteiger partial charge is 0.171 e. The van der Waals surface area contributed by atoms with Crippen molar-refractivity contribution in [2.75, 3.05) is 13.1 Å². The van der Waals surface area contributed by atoms with Crippen LogP contribution in [0, 0.1) is 17.7 Å². The quantitative estimate of drug-likeness (QED) is 0.693. The van der Waals surface area contributed by atoms with E-state index in [0.717, 1.165) is 45.5 Å². The Morgan fingerprint density at radius 3 is 2.54 bits per heavy atom. The molecule has 3 aliphatic heterocycles. The molecular weight excluding hydrogens is 342 g/mol. The van der Waals surface area contributed by atoms with Crippen LogP contribution in [0.2, 0.25) is 0 Å². The van der Waals surface area contributed by atoms with Crippen molar-refractivity contribution in [2.45, 2.75) is 46.0 Å². The number of nitrogens with one attached hydrogen (secondary N) is 3. The highest BCUT2D eigenvalue weighted by Gasteiger charge is 2.34. The number of hydrogen-bond donors (Lipinski definition) is 3. The first-order chi connectivity index (χ1) is 12.5. The molecule has 5 nitrogen and oxygen atoms in total. The third-order valence-electron chi connectivity index (χ3n) is 5.29. The molecule has 0 aliphatic carbocycles. The zero-order valence-corrected chi connectivity index (χ0v) is 16.4. The molecular formula is C20H25N5S. The van der Waals surface area contributed by atoms with Crippen molar-refractivity contribution in [2.24, 2.45) is 4.99 Å². The second-order valence-electron chi connectivity index (χ2n) is 7.47. The highest BCUT2D eigenvalue weighted by molar-refractivity contribution is 8.18. The standard InChI is InChI=1S/C20H25N5S/c1-11(2)13-8-7-12(3)14-15(13)16(23-18(14)21)17-19(22)24-20(26-17)25-9-5-4-6-10-25/h7-8,11,22H,4-6,9-10H2,1-3H3,(H2,21,23). The molecule has 26 heavy (non-hydrogen) atoms. The van der Waals surface area contributed by atoms with Crippen LogP contribution in [-0.4, -0.2) is 34.8 Å². The third-order valence-corrected chi connectivity index (χ3v) is 6.42. The molecule has 3 aliphatic rings. The summed E-state index contributed by atoms with van der Waals surface area (Å²) in [5.41, 5.74) is 5.28. The zero-order chi connectivity index (χ0) is 18.4. The summed E-state index contributed by atoms with van der Waals surface area (Å²) in [4.78, 5) is 7.70. The van der Waals surface area contributed by atoms with Gasteiger partial charge in [0.25, 0.3) is 0 Å². The molecule has 3 N–H and O–H groups in total. The van der Waals surface area contributed by atoms with Crippen LogP contribution in [0.3, 0.4) is 0 Å². The molecule has 0 bridgehead atoms. The predicted octanol–water partition coefficient (Wildman–Crippen LogP) is 4.28. The van der Waals surface area contributed by atoms with Gasteiger partial charge in [-0.05, 0) is 55.0 Å². The number of rotatable bonds is 1. The highest BCUT2D eigenvalue weighted by Crippen LogP contribution is 2.41. The minimum absolute atomic E-state index is 0.315. The van der Waals surface area contributed by atoms with E-state index in [1.807, 2.05) is 0 Å². The lowest BCUT2D eigenvalue weighted by Crippen LogP contribution is -2.33. The maximum Gasteiger partial charge on any atom is 0.171 e. The maximum absolute atomic E-state index is 8.46. The summed E-state index contributed by atoms with van der Waals surface area (Å²) >= 11 is 1.59. The van der Waals surface area contributed by atoms with Crippen LogP contribution in [0.25, 0.3) is 5.70 Å². The Morgan fingerprint density at radius 2 is 1.85 bits per heavy atom. The van der Waals surface area contributed by atoms with Gasteiger partial charge in [0.2, 0.25) is 0 Å². The monoisotopic (exact) mass is 367 g/mol. The van der Waals surface area contributed by atoms with Crippen LogP contribution in [0.4, 0.5) is 0 Å². The molecule has 0 saturated carbocycles. The minimum atomic E-state index is 0.315. The van der Waals surface area contributed by atoms with Crippen molar-refractivity contribution in [1.82, 2.24) is 10.2 Å². The molecule has 3 heterocycles. The zero-order valence-electron chi connectivity index (χ0n) is 15.6. The number of piperidine rings is 1. The molecule has 0 aromatic heterocycles. The van der Waals surface area contributed by atoms with E-state index in [1.54, 1.807) is 11.8 Å². The molecule has 136 valence electrons. The van der Waals surface area contributed by atoms with Gasteiger partial charge < -0.3 is 10.2 Å². The van der Waals surface area contributed by atoms with E-state index >= 15 is 0 Å². The first-order valence-electron chi connectivity index (χ1n) is 9.32. The lowest BCUT2D eigenvalue weighted by molar-refractivity contribution is 0.348. The first-order valence-corrected chi connectivity index (χ1v) is 10.1. The summed E-state index contributed by atoms with van der Waals surface area (Å²) in [6.07, 6.45) is 3.67. The van der Waals surface area contributed by atoms with E-state index in [-0.39, 0.29) is 0 Å². The number of aliphatic imine (C=N–C) groups is 1. The minimum Gasteiger partial charge on any atom is -0.351 e. The van der Waals surface area contributed by atoms with Crippen molar-refractivity contribution in [3.8, 4) is 0 Å². The van der Waals surface area contributed by atoms with Gasteiger partial charge in [0.15, 0.2) is 11.0 Å². The summed E-state index contributed by atoms with van der Waals surface area (Å²) in [7, 11) is 0. The van der Waals surface area contributed by atoms with Gasteiger partial charge in [-0.1, -0.05) is 26.0 Å². The van der Waals surface area contributed by atoms with Crippen LogP contribution in [0.1, 0.15) is 61.3 Å². The summed E-state index contributed by atoms with van der Waals surface area (Å²) in [6, 6.07) is 4.26. The number of benzene rings is 1. The van der Waals surface area contributed by atoms with Crippen LogP contribution < -0.4 is 5.32 Å². The van der Waals surface area contributed by atoms with E-state index in [2.05, 4.69) is 48.1 Å². The predicted molar refractivity (Wildman–Crippen MR) is 110 cm³/mol. The molecule has 0 spiro atoms. The molecule has 4 rings (SSSR count). The van der Waals surface area contributed by atoms with Gasteiger partial charge in [0.1, 0.15) is 5.84 Å². The van der Waals surface area contributed by atoms with Crippen LogP contribution in [0.5, 0.6) is 0 Å². The van der Waals surface area contributed by atoms with Crippen molar-refractivity contribution in [3.63, 3.8) is 0 Å². The Labute approximate surface area is 159 Å². The number of likely N-dealkylation sites (tertiary alicyclic amines) is 1. The second-order valence-corrected chi connectivity index (χ2v) is 8.45. The SMILES string of the molecule is Cc1ccc(C(C)C)c2c1C(=N)NC2=C1SC(N2CCCCC2)=NC1=N. The van der Waals surface area contributed by atoms with Gasteiger partial charge in [0.05, 0.1) is 10.6 Å². The van der Waals surface area contributed by atoms with Crippen molar-refractivity contribution < 1.29 is 0 Å². The average Bonchev–Trinajstić information content (AvgIpc) is 3.17. The summed E-state index contributed by atoms with van der Waals surface area (Å²) in [5, 5.41) is 21.1. The van der Waals surface area contributed by atoms with Gasteiger partial charge >= 0.3 is 0 Å². The lowest BCUT2D eigenvalue weighted by Gasteiger charge is -2.27. The van der Waals surface area contributed by atoms with Crippen molar-refractivity contribution in [1.29, 1.82) is 10.8 Å². The van der Waals surface area contributed by atoms with E-state index in [0.29, 0.717) is 17.6 Å². The van der Waals surface area contributed by atoms with Gasteiger partial charge in [-0.3, -0.25) is 10.8 Å². The second kappa shape index (κ2) is 6.58. The molecule has 0 unspecified atom stereocenters. The molecule has 6 heteroatoms. The lowest BCUT2D eigenvalue weighted by atomic mass is 9.90. The number of nitrogens with zero attached hydrogens (tertiary/aromatic N) is 2. The summed E-state index contributed by atoms with van der Waals surface area (Å²) < 4.78 is 0. The van der Waals surface area contributed by atoms with E-state index in [9.17, 15) is 0 Å². The number of fused-ring (bicyclic) bond motifs is 1. The number of aryl methyl sites for hydroxylation is 1. The molecule has 1 saturated heterocycles. The Kier molecular flexibility index (Phi) is 4.39. The number of hydrogen-bond acceptors (Lipinski definition) is 4. The molecule has 1 aromatic rings.